The number of ether oxygens (including phenoxy) is 2. The van der Waals surface area contributed by atoms with Crippen molar-refractivity contribution in [2.24, 2.45) is 0 Å². The Kier molecular flexibility index (Phi) is 5.94. The van der Waals surface area contributed by atoms with Gasteiger partial charge in [0, 0.05) is 18.1 Å². The molecule has 0 spiro atoms. The van der Waals surface area contributed by atoms with E-state index in [0.717, 1.165) is 11.3 Å². The van der Waals surface area contributed by atoms with Crippen LogP contribution in [0.1, 0.15) is 5.56 Å². The number of hydrogen-bond donors (Lipinski definition) is 2. The molecule has 7 nitrogen and oxygen atoms in total. The fourth-order valence-corrected chi connectivity index (χ4v) is 3.20. The first-order chi connectivity index (χ1) is 13.4. The molecule has 0 unspecified atom stereocenters. The Morgan fingerprint density at radius 2 is 2.07 bits per heavy atom. The summed E-state index contributed by atoms with van der Waals surface area (Å²) in [6.07, 6.45) is -0.694. The molecule has 0 saturated heterocycles. The number of methoxy groups -OCH3 is 1. The van der Waals surface area contributed by atoms with E-state index in [4.69, 9.17) is 21.1 Å². The minimum atomic E-state index is -0.694. The molecule has 3 rings (SSSR count). The third kappa shape index (κ3) is 4.14. The van der Waals surface area contributed by atoms with Gasteiger partial charge in [0.15, 0.2) is 6.10 Å². The summed E-state index contributed by atoms with van der Waals surface area (Å²) in [6.45, 7) is 2.17. The fourth-order valence-electron chi connectivity index (χ4n) is 3.05. The number of nitrogens with zero attached hydrogens (tertiary/aromatic N) is 1. The van der Waals surface area contributed by atoms with E-state index in [2.05, 4.69) is 10.6 Å². The van der Waals surface area contributed by atoms with Crippen LogP contribution in [-0.2, 0) is 9.59 Å². The summed E-state index contributed by atoms with van der Waals surface area (Å²) in [5.74, 6) is 0.562. The second kappa shape index (κ2) is 8.39. The number of nitrogens with one attached hydrogen (secondary N) is 2. The average Bonchev–Trinajstić information content (AvgIpc) is 2.69. The Hall–Kier alpha value is -2.93. The van der Waals surface area contributed by atoms with Gasteiger partial charge in [-0.2, -0.15) is 0 Å². The van der Waals surface area contributed by atoms with Crippen LogP contribution >= 0.6 is 11.6 Å². The molecule has 28 heavy (non-hydrogen) atoms. The van der Waals surface area contributed by atoms with Gasteiger partial charge in [0.1, 0.15) is 11.5 Å². The molecule has 2 aromatic rings. The van der Waals surface area contributed by atoms with Crippen molar-refractivity contribution in [3.63, 3.8) is 0 Å². The molecule has 0 aliphatic carbocycles. The fraction of sp³-hybridized carbons (Fsp3) is 0.300. The van der Waals surface area contributed by atoms with Gasteiger partial charge in [0.2, 0.25) is 5.91 Å². The molecule has 2 aromatic carbocycles. The van der Waals surface area contributed by atoms with Gasteiger partial charge in [-0.3, -0.25) is 9.59 Å². The lowest BCUT2D eigenvalue weighted by Gasteiger charge is -2.35. The first-order valence-electron chi connectivity index (χ1n) is 8.79. The largest absolute Gasteiger partial charge is 0.495 e. The zero-order chi connectivity index (χ0) is 20.3. The zero-order valence-electron chi connectivity index (χ0n) is 15.9. The number of anilines is 2. The summed E-state index contributed by atoms with van der Waals surface area (Å²) in [4.78, 5) is 26.6. The van der Waals surface area contributed by atoms with Crippen molar-refractivity contribution in [3.05, 3.63) is 47.0 Å². The zero-order valence-corrected chi connectivity index (χ0v) is 16.7. The van der Waals surface area contributed by atoms with Crippen LogP contribution < -0.4 is 25.0 Å². The van der Waals surface area contributed by atoms with Gasteiger partial charge < -0.3 is 25.0 Å². The number of fused-ring (bicyclic) bond motifs is 1. The van der Waals surface area contributed by atoms with E-state index in [9.17, 15) is 9.59 Å². The highest BCUT2D eigenvalue weighted by atomic mass is 35.5. The van der Waals surface area contributed by atoms with E-state index >= 15 is 0 Å². The van der Waals surface area contributed by atoms with Crippen LogP contribution in [0.5, 0.6) is 11.5 Å². The van der Waals surface area contributed by atoms with Crippen molar-refractivity contribution in [3.8, 4) is 11.5 Å². The molecule has 8 heteroatoms. The average molecular weight is 404 g/mol. The van der Waals surface area contributed by atoms with Gasteiger partial charge in [-0.15, -0.1) is 0 Å². The predicted octanol–water partition coefficient (Wildman–Crippen LogP) is 2.61. The highest BCUT2D eigenvalue weighted by Crippen LogP contribution is 2.34. The van der Waals surface area contributed by atoms with Gasteiger partial charge >= 0.3 is 0 Å². The smallest absolute Gasteiger partial charge is 0.262 e. The first kappa shape index (κ1) is 19.8. The molecule has 0 aromatic heterocycles. The number of rotatable bonds is 5. The van der Waals surface area contributed by atoms with Crippen LogP contribution in [0.25, 0.3) is 0 Å². The Balaban J connectivity index is 1.80. The summed E-state index contributed by atoms with van der Waals surface area (Å²) < 4.78 is 11.1. The van der Waals surface area contributed by atoms with Crippen molar-refractivity contribution in [1.82, 2.24) is 5.32 Å². The third-order valence-electron chi connectivity index (χ3n) is 4.49. The van der Waals surface area contributed by atoms with Crippen molar-refractivity contribution in [2.45, 2.75) is 13.0 Å². The minimum absolute atomic E-state index is 0.0543. The number of aryl methyl sites for hydroxylation is 1. The number of hydrogen-bond acceptors (Lipinski definition) is 5. The molecular formula is C20H22ClN3O4. The Labute approximate surface area is 168 Å². The van der Waals surface area contributed by atoms with Crippen molar-refractivity contribution >= 4 is 34.8 Å². The lowest BCUT2D eigenvalue weighted by atomic mass is 10.1. The number of para-hydroxylation sites is 2. The molecule has 0 bridgehead atoms. The lowest BCUT2D eigenvalue weighted by molar-refractivity contribution is -0.127. The second-order valence-electron chi connectivity index (χ2n) is 6.42. The topological polar surface area (TPSA) is 79.9 Å². The Bertz CT molecular complexity index is 903. The van der Waals surface area contributed by atoms with Crippen molar-refractivity contribution in [1.29, 1.82) is 0 Å². The normalized spacial score (nSPS) is 15.3. The van der Waals surface area contributed by atoms with E-state index in [1.165, 1.54) is 7.11 Å². The molecule has 1 atom stereocenters. The molecule has 0 saturated carbocycles. The number of amides is 2. The van der Waals surface area contributed by atoms with E-state index < -0.39 is 6.10 Å². The Morgan fingerprint density at radius 3 is 2.79 bits per heavy atom. The summed E-state index contributed by atoms with van der Waals surface area (Å²) in [6, 6.07) is 10.7. The molecule has 0 radical (unpaired) electrons. The van der Waals surface area contributed by atoms with Crippen LogP contribution in [0.15, 0.2) is 36.4 Å². The summed E-state index contributed by atoms with van der Waals surface area (Å²) in [5, 5.41) is 6.01. The number of carbonyl (C=O) groups is 2. The van der Waals surface area contributed by atoms with Gasteiger partial charge in [0.05, 0.1) is 31.6 Å². The van der Waals surface area contributed by atoms with E-state index in [1.807, 2.05) is 30.0 Å². The molecule has 0 fully saturated rings. The van der Waals surface area contributed by atoms with Gasteiger partial charge in [-0.05, 0) is 30.7 Å². The van der Waals surface area contributed by atoms with Crippen LogP contribution in [0.3, 0.4) is 0 Å². The van der Waals surface area contributed by atoms with E-state index in [-0.39, 0.29) is 24.9 Å². The minimum Gasteiger partial charge on any atom is -0.495 e. The monoisotopic (exact) mass is 403 g/mol. The summed E-state index contributed by atoms with van der Waals surface area (Å²) in [5.41, 5.74) is 2.13. The van der Waals surface area contributed by atoms with Crippen LogP contribution in [-0.4, -0.2) is 45.2 Å². The number of carbonyl (C=O) groups excluding carboxylic acids is 2. The van der Waals surface area contributed by atoms with Crippen molar-refractivity contribution < 1.29 is 19.1 Å². The van der Waals surface area contributed by atoms with E-state index in [0.29, 0.717) is 22.2 Å². The molecule has 1 aliphatic rings. The van der Waals surface area contributed by atoms with Gasteiger partial charge in [-0.25, -0.2) is 0 Å². The quantitative estimate of drug-likeness (QED) is 0.802. The standard InChI is InChI=1S/C20H22ClN3O4/c1-12-8-14(17(27-3)9-13(12)21)23-19(25)11-24-10-18(20(26)22-2)28-16-7-5-4-6-15(16)24/h4-9,18H,10-11H2,1-3H3,(H,22,26)(H,23,25)/t18-/m1/s1. The SMILES string of the molecule is CNC(=O)[C@H]1CN(CC(=O)Nc2cc(C)c(Cl)cc2OC)c2ccccc2O1. The van der Waals surface area contributed by atoms with Crippen LogP contribution in [0.4, 0.5) is 11.4 Å². The third-order valence-corrected chi connectivity index (χ3v) is 4.90. The van der Waals surface area contributed by atoms with Gasteiger partial charge in [-0.1, -0.05) is 23.7 Å². The first-order valence-corrected chi connectivity index (χ1v) is 9.17. The maximum Gasteiger partial charge on any atom is 0.262 e. The molecule has 2 N–H and O–H groups in total. The number of halogens is 1. The molecule has 1 heterocycles. The predicted molar refractivity (Wildman–Crippen MR) is 109 cm³/mol. The number of likely N-dealkylation sites (N-methyl/N-ethyl adjacent to an activating group) is 1. The second-order valence-corrected chi connectivity index (χ2v) is 6.83. The molecule has 1 aliphatic heterocycles. The summed E-state index contributed by atoms with van der Waals surface area (Å²) in [7, 11) is 3.07. The van der Waals surface area contributed by atoms with Crippen molar-refractivity contribution in [2.75, 3.05) is 37.5 Å². The number of benzene rings is 2. The lowest BCUT2D eigenvalue weighted by Crippen LogP contribution is -2.50. The maximum absolute atomic E-state index is 12.7. The highest BCUT2D eigenvalue weighted by Gasteiger charge is 2.31. The van der Waals surface area contributed by atoms with Gasteiger partial charge in [0.25, 0.3) is 5.91 Å². The molecular weight excluding hydrogens is 382 g/mol. The maximum atomic E-state index is 12.7. The van der Waals surface area contributed by atoms with E-state index in [1.54, 1.807) is 25.2 Å². The highest BCUT2D eigenvalue weighted by molar-refractivity contribution is 6.31. The van der Waals surface area contributed by atoms with Crippen LogP contribution in [0, 0.1) is 6.92 Å². The van der Waals surface area contributed by atoms with Crippen LogP contribution in [0.2, 0.25) is 5.02 Å². The summed E-state index contributed by atoms with van der Waals surface area (Å²) >= 11 is 6.12. The molecule has 148 valence electrons. The Morgan fingerprint density at radius 1 is 1.32 bits per heavy atom. The molecule has 2 amide bonds.